The van der Waals surface area contributed by atoms with E-state index in [1.165, 1.54) is 0 Å². The van der Waals surface area contributed by atoms with Gasteiger partial charge in [0.2, 0.25) is 0 Å². The predicted octanol–water partition coefficient (Wildman–Crippen LogP) is 1.56. The fraction of sp³-hybridized carbons (Fsp3) is 0.250. The maximum atomic E-state index is 10.5. The number of hydrogen-bond acceptors (Lipinski definition) is 5. The molecule has 0 unspecified atom stereocenters. The van der Waals surface area contributed by atoms with Crippen molar-refractivity contribution in [2.45, 2.75) is 6.54 Å². The van der Waals surface area contributed by atoms with E-state index in [-0.39, 0.29) is 0 Å². The van der Waals surface area contributed by atoms with Crippen LogP contribution in [0.15, 0.2) is 18.3 Å². The first-order valence-electron chi connectivity index (χ1n) is 5.69. The van der Waals surface area contributed by atoms with Gasteiger partial charge < -0.3 is 9.47 Å². The molecule has 3 rings (SSSR count). The summed E-state index contributed by atoms with van der Waals surface area (Å²) in [5.41, 5.74) is 1.19. The highest BCUT2D eigenvalue weighted by molar-refractivity contribution is 6.32. The fourth-order valence-corrected chi connectivity index (χ4v) is 2.18. The van der Waals surface area contributed by atoms with Crippen molar-refractivity contribution in [2.24, 2.45) is 0 Å². The Balaban J connectivity index is 1.88. The summed E-state index contributed by atoms with van der Waals surface area (Å²) in [6.45, 7) is 1.46. The van der Waals surface area contributed by atoms with Crippen molar-refractivity contribution in [1.82, 2.24) is 15.0 Å². The number of rotatable bonds is 3. The molecule has 1 aliphatic rings. The van der Waals surface area contributed by atoms with E-state index in [0.29, 0.717) is 48.3 Å². The Morgan fingerprint density at radius 3 is 3.00 bits per heavy atom. The number of ether oxygens (including phenoxy) is 2. The van der Waals surface area contributed by atoms with Crippen LogP contribution in [-0.4, -0.2) is 34.5 Å². The summed E-state index contributed by atoms with van der Waals surface area (Å²) in [5, 5.41) is 8.04. The van der Waals surface area contributed by atoms with Gasteiger partial charge in [0.05, 0.1) is 17.8 Å². The van der Waals surface area contributed by atoms with Crippen LogP contribution in [-0.2, 0) is 6.54 Å². The first kappa shape index (κ1) is 12.0. The standard InChI is InChI=1S/C12H10ClN3O3/c13-10-3-8(4-11-12(10)19-2-1-18-11)5-16-6-9(7-17)14-15-16/h3-4,6-7H,1-2,5H2. The number of carbonyl (C=O) groups excluding carboxylic acids is 1. The Morgan fingerprint density at radius 1 is 1.37 bits per heavy atom. The van der Waals surface area contributed by atoms with Gasteiger partial charge in [-0.3, -0.25) is 4.79 Å². The highest BCUT2D eigenvalue weighted by Gasteiger charge is 2.16. The van der Waals surface area contributed by atoms with E-state index < -0.39 is 0 Å². The highest BCUT2D eigenvalue weighted by Crippen LogP contribution is 2.38. The van der Waals surface area contributed by atoms with Crippen LogP contribution in [0.2, 0.25) is 5.02 Å². The van der Waals surface area contributed by atoms with Gasteiger partial charge in [-0.25, -0.2) is 4.68 Å². The van der Waals surface area contributed by atoms with Crippen LogP contribution in [0, 0.1) is 0 Å². The van der Waals surface area contributed by atoms with Crippen LogP contribution in [0.4, 0.5) is 0 Å². The van der Waals surface area contributed by atoms with Crippen LogP contribution in [0.5, 0.6) is 11.5 Å². The Kier molecular flexibility index (Phi) is 3.08. The monoisotopic (exact) mass is 279 g/mol. The molecule has 7 heteroatoms. The molecule has 2 heterocycles. The zero-order chi connectivity index (χ0) is 13.2. The van der Waals surface area contributed by atoms with E-state index >= 15 is 0 Å². The summed E-state index contributed by atoms with van der Waals surface area (Å²) >= 11 is 6.14. The van der Waals surface area contributed by atoms with Crippen molar-refractivity contribution in [1.29, 1.82) is 0 Å². The average molecular weight is 280 g/mol. The second kappa shape index (κ2) is 4.89. The summed E-state index contributed by atoms with van der Waals surface area (Å²) < 4.78 is 12.5. The second-order valence-electron chi connectivity index (χ2n) is 4.06. The van der Waals surface area contributed by atoms with Gasteiger partial charge in [0, 0.05) is 0 Å². The third-order valence-electron chi connectivity index (χ3n) is 2.68. The molecule has 1 aromatic carbocycles. The van der Waals surface area contributed by atoms with Gasteiger partial charge in [0.1, 0.15) is 18.9 Å². The first-order chi connectivity index (χ1) is 9.26. The van der Waals surface area contributed by atoms with Crippen molar-refractivity contribution in [3.05, 3.63) is 34.6 Å². The number of hydrogen-bond donors (Lipinski definition) is 0. The van der Waals surface area contributed by atoms with E-state index in [1.807, 2.05) is 6.07 Å². The Morgan fingerprint density at radius 2 is 2.21 bits per heavy atom. The predicted molar refractivity (Wildman–Crippen MR) is 67.0 cm³/mol. The molecule has 6 nitrogen and oxygen atoms in total. The lowest BCUT2D eigenvalue weighted by Crippen LogP contribution is -2.16. The summed E-state index contributed by atoms with van der Waals surface area (Å²) in [6.07, 6.45) is 2.22. The van der Waals surface area contributed by atoms with Crippen molar-refractivity contribution < 1.29 is 14.3 Å². The number of halogens is 1. The first-order valence-corrected chi connectivity index (χ1v) is 6.07. The average Bonchev–Trinajstić information content (AvgIpc) is 2.86. The van der Waals surface area contributed by atoms with Crippen LogP contribution in [0.1, 0.15) is 16.1 Å². The van der Waals surface area contributed by atoms with E-state index in [4.69, 9.17) is 21.1 Å². The van der Waals surface area contributed by atoms with Crippen molar-refractivity contribution in [3.63, 3.8) is 0 Å². The summed E-state index contributed by atoms with van der Waals surface area (Å²) in [6, 6.07) is 3.64. The molecule has 98 valence electrons. The zero-order valence-corrected chi connectivity index (χ0v) is 10.6. The highest BCUT2D eigenvalue weighted by atomic mass is 35.5. The van der Waals surface area contributed by atoms with E-state index in [0.717, 1.165) is 5.56 Å². The van der Waals surface area contributed by atoms with Crippen LogP contribution in [0.25, 0.3) is 0 Å². The molecule has 0 saturated carbocycles. The normalized spacial score (nSPS) is 13.3. The zero-order valence-electron chi connectivity index (χ0n) is 9.88. The minimum atomic E-state index is 0.295. The quantitative estimate of drug-likeness (QED) is 0.798. The molecule has 0 saturated heterocycles. The largest absolute Gasteiger partial charge is 0.486 e. The maximum Gasteiger partial charge on any atom is 0.179 e. The van der Waals surface area contributed by atoms with Crippen LogP contribution in [0.3, 0.4) is 0 Å². The van der Waals surface area contributed by atoms with E-state index in [9.17, 15) is 4.79 Å². The number of fused-ring (bicyclic) bond motifs is 1. The molecule has 0 bridgehead atoms. The number of aldehydes is 1. The summed E-state index contributed by atoms with van der Waals surface area (Å²) in [7, 11) is 0. The molecule has 2 aromatic rings. The van der Waals surface area contributed by atoms with Gasteiger partial charge in [0.15, 0.2) is 17.8 Å². The second-order valence-corrected chi connectivity index (χ2v) is 4.47. The molecule has 0 aliphatic carbocycles. The number of benzene rings is 1. The molecule has 0 spiro atoms. The summed E-state index contributed by atoms with van der Waals surface area (Å²) in [4.78, 5) is 10.5. The lowest BCUT2D eigenvalue weighted by atomic mass is 10.2. The number of carbonyl (C=O) groups is 1. The van der Waals surface area contributed by atoms with Crippen LogP contribution < -0.4 is 9.47 Å². The minimum Gasteiger partial charge on any atom is -0.486 e. The van der Waals surface area contributed by atoms with E-state index in [2.05, 4.69) is 10.3 Å². The molecule has 1 aliphatic heterocycles. The Bertz CT molecular complexity index is 627. The molecular formula is C12H10ClN3O3. The third-order valence-corrected chi connectivity index (χ3v) is 2.96. The lowest BCUT2D eigenvalue weighted by molar-refractivity contribution is 0.111. The van der Waals surface area contributed by atoms with E-state index in [1.54, 1.807) is 16.9 Å². The third kappa shape index (κ3) is 2.39. The van der Waals surface area contributed by atoms with Crippen molar-refractivity contribution >= 4 is 17.9 Å². The van der Waals surface area contributed by atoms with Gasteiger partial charge >= 0.3 is 0 Å². The maximum absolute atomic E-state index is 10.5. The number of nitrogens with zero attached hydrogens (tertiary/aromatic N) is 3. The molecule has 0 fully saturated rings. The summed E-state index contributed by atoms with van der Waals surface area (Å²) in [5.74, 6) is 1.20. The topological polar surface area (TPSA) is 66.2 Å². The molecular weight excluding hydrogens is 270 g/mol. The minimum absolute atomic E-state index is 0.295. The molecule has 19 heavy (non-hydrogen) atoms. The number of aromatic nitrogens is 3. The molecule has 0 atom stereocenters. The Hall–Kier alpha value is -2.08. The smallest absolute Gasteiger partial charge is 0.179 e. The van der Waals surface area contributed by atoms with Crippen molar-refractivity contribution in [3.8, 4) is 11.5 Å². The molecule has 0 amide bonds. The Labute approximate surface area is 113 Å². The van der Waals surface area contributed by atoms with Gasteiger partial charge in [-0.15, -0.1) is 5.10 Å². The lowest BCUT2D eigenvalue weighted by Gasteiger charge is -2.20. The van der Waals surface area contributed by atoms with Gasteiger partial charge in [-0.1, -0.05) is 16.8 Å². The van der Waals surface area contributed by atoms with Crippen molar-refractivity contribution in [2.75, 3.05) is 13.2 Å². The fourth-order valence-electron chi connectivity index (χ4n) is 1.89. The van der Waals surface area contributed by atoms with Gasteiger partial charge in [0.25, 0.3) is 0 Å². The van der Waals surface area contributed by atoms with Gasteiger partial charge in [-0.05, 0) is 17.7 Å². The SMILES string of the molecule is O=Cc1cn(Cc2cc(Cl)c3c(c2)OCCO3)nn1. The van der Waals surface area contributed by atoms with Crippen LogP contribution >= 0.6 is 11.6 Å². The molecule has 1 aromatic heterocycles. The molecule has 0 N–H and O–H groups in total. The van der Waals surface area contributed by atoms with Gasteiger partial charge in [-0.2, -0.15) is 0 Å². The molecule has 0 radical (unpaired) electrons.